The lowest BCUT2D eigenvalue weighted by molar-refractivity contribution is 0.446. The third kappa shape index (κ3) is 5.39. The summed E-state index contributed by atoms with van der Waals surface area (Å²) < 4.78 is 0. The highest BCUT2D eigenvalue weighted by molar-refractivity contribution is 5.36. The molecule has 1 aliphatic carbocycles. The van der Waals surface area contributed by atoms with Crippen molar-refractivity contribution >= 4 is 0 Å². The summed E-state index contributed by atoms with van der Waals surface area (Å²) in [5, 5.41) is 0. The van der Waals surface area contributed by atoms with Crippen LogP contribution in [0.4, 0.5) is 0 Å². The second kappa shape index (κ2) is 8.33. The standard InChI is InChI=1S/C15H24.C2H6/c1-6-14-8-7-12(4)15(10-14)9-13(5)11(2)3;1-2/h9,14H,2,6-8,10H2,1,3-5H3;1-2H3/b13-9-;/t14-;/m0./s1. The summed E-state index contributed by atoms with van der Waals surface area (Å²) in [5.74, 6) is 0.901. The van der Waals surface area contributed by atoms with Crippen LogP contribution in [0.25, 0.3) is 0 Å². The van der Waals surface area contributed by atoms with Crippen LogP contribution >= 0.6 is 0 Å². The number of hydrogen-bond donors (Lipinski definition) is 0. The molecule has 0 spiro atoms. The van der Waals surface area contributed by atoms with Crippen molar-refractivity contribution in [2.75, 3.05) is 0 Å². The van der Waals surface area contributed by atoms with Crippen LogP contribution in [-0.2, 0) is 0 Å². The topological polar surface area (TPSA) is 0 Å². The molecule has 0 aromatic carbocycles. The molecule has 0 bridgehead atoms. The van der Waals surface area contributed by atoms with E-state index in [0.29, 0.717) is 0 Å². The minimum absolute atomic E-state index is 0.901. The first-order chi connectivity index (χ1) is 8.04. The van der Waals surface area contributed by atoms with Crippen LogP contribution in [0.1, 0.15) is 67.2 Å². The molecule has 0 saturated carbocycles. The normalized spacial score (nSPS) is 20.8. The average Bonchev–Trinajstić information content (AvgIpc) is 2.34. The molecular formula is C17H30. The molecule has 0 aromatic heterocycles. The van der Waals surface area contributed by atoms with E-state index < -0.39 is 0 Å². The first kappa shape index (κ1) is 16.2. The highest BCUT2D eigenvalue weighted by Gasteiger charge is 2.16. The van der Waals surface area contributed by atoms with Gasteiger partial charge in [-0.15, -0.1) is 0 Å². The SMILES string of the molecule is C=C(C)/C(C)=C\C1=C(C)CC[C@H](CC)C1.CC. The molecule has 0 saturated heterocycles. The maximum Gasteiger partial charge on any atom is -0.0251 e. The molecule has 0 fully saturated rings. The maximum atomic E-state index is 3.99. The van der Waals surface area contributed by atoms with E-state index in [4.69, 9.17) is 0 Å². The van der Waals surface area contributed by atoms with Crippen molar-refractivity contribution in [1.82, 2.24) is 0 Å². The number of hydrogen-bond acceptors (Lipinski definition) is 0. The van der Waals surface area contributed by atoms with E-state index in [1.165, 1.54) is 36.8 Å². The van der Waals surface area contributed by atoms with E-state index in [2.05, 4.69) is 40.3 Å². The monoisotopic (exact) mass is 234 g/mol. The molecule has 1 atom stereocenters. The molecule has 17 heavy (non-hydrogen) atoms. The molecule has 1 aliphatic rings. The molecular weight excluding hydrogens is 204 g/mol. The zero-order valence-electron chi connectivity index (χ0n) is 12.7. The van der Waals surface area contributed by atoms with E-state index in [1.54, 1.807) is 11.1 Å². The van der Waals surface area contributed by atoms with Crippen molar-refractivity contribution < 1.29 is 0 Å². The van der Waals surface area contributed by atoms with Crippen molar-refractivity contribution in [1.29, 1.82) is 0 Å². The van der Waals surface area contributed by atoms with Crippen LogP contribution in [0.15, 0.2) is 34.9 Å². The highest BCUT2D eigenvalue weighted by atomic mass is 14.2. The molecule has 98 valence electrons. The minimum atomic E-state index is 0.901. The first-order valence-corrected chi connectivity index (χ1v) is 7.07. The Morgan fingerprint density at radius 3 is 2.41 bits per heavy atom. The Morgan fingerprint density at radius 1 is 1.35 bits per heavy atom. The van der Waals surface area contributed by atoms with Crippen LogP contribution in [0, 0.1) is 5.92 Å². The van der Waals surface area contributed by atoms with E-state index in [0.717, 1.165) is 5.92 Å². The largest absolute Gasteiger partial charge is 0.0958 e. The third-order valence-corrected chi connectivity index (χ3v) is 3.63. The van der Waals surface area contributed by atoms with Gasteiger partial charge in [0.2, 0.25) is 0 Å². The fourth-order valence-electron chi connectivity index (χ4n) is 2.08. The Kier molecular flexibility index (Phi) is 7.95. The molecule has 0 amide bonds. The molecule has 0 N–H and O–H groups in total. The summed E-state index contributed by atoms with van der Waals surface area (Å²) in [4.78, 5) is 0. The van der Waals surface area contributed by atoms with Crippen LogP contribution in [-0.4, -0.2) is 0 Å². The molecule has 0 aliphatic heterocycles. The van der Waals surface area contributed by atoms with Gasteiger partial charge in [0, 0.05) is 0 Å². The minimum Gasteiger partial charge on any atom is -0.0958 e. The zero-order chi connectivity index (χ0) is 13.4. The van der Waals surface area contributed by atoms with Crippen molar-refractivity contribution in [3.05, 3.63) is 34.9 Å². The van der Waals surface area contributed by atoms with Gasteiger partial charge in [-0.25, -0.2) is 0 Å². The molecule has 0 aromatic rings. The predicted octanol–water partition coefficient (Wildman–Crippen LogP) is 6.06. The van der Waals surface area contributed by atoms with Gasteiger partial charge in [0.1, 0.15) is 0 Å². The van der Waals surface area contributed by atoms with Crippen molar-refractivity contribution in [2.45, 2.75) is 67.2 Å². The Morgan fingerprint density at radius 2 is 1.94 bits per heavy atom. The van der Waals surface area contributed by atoms with Gasteiger partial charge < -0.3 is 0 Å². The Labute approximate surface area is 109 Å². The van der Waals surface area contributed by atoms with Crippen LogP contribution in [0.2, 0.25) is 0 Å². The fraction of sp³-hybridized carbons (Fsp3) is 0.647. The van der Waals surface area contributed by atoms with Gasteiger partial charge in [0.15, 0.2) is 0 Å². The summed E-state index contributed by atoms with van der Waals surface area (Å²) in [6.45, 7) is 16.8. The lowest BCUT2D eigenvalue weighted by atomic mass is 9.82. The first-order valence-electron chi connectivity index (χ1n) is 7.07. The van der Waals surface area contributed by atoms with E-state index in [9.17, 15) is 0 Å². The van der Waals surface area contributed by atoms with E-state index in [1.807, 2.05) is 13.8 Å². The van der Waals surface area contributed by atoms with Gasteiger partial charge in [0.05, 0.1) is 0 Å². The molecule has 1 rings (SSSR count). The Balaban J connectivity index is 0.00000121. The van der Waals surface area contributed by atoms with Gasteiger partial charge in [0.25, 0.3) is 0 Å². The van der Waals surface area contributed by atoms with Crippen LogP contribution < -0.4 is 0 Å². The van der Waals surface area contributed by atoms with Crippen molar-refractivity contribution in [2.24, 2.45) is 5.92 Å². The molecule has 0 unspecified atom stereocenters. The smallest absolute Gasteiger partial charge is 0.0251 e. The number of rotatable bonds is 3. The molecule has 0 heteroatoms. The van der Waals surface area contributed by atoms with Gasteiger partial charge >= 0.3 is 0 Å². The Hall–Kier alpha value is -0.780. The fourth-order valence-corrected chi connectivity index (χ4v) is 2.08. The average molecular weight is 234 g/mol. The highest BCUT2D eigenvalue weighted by Crippen LogP contribution is 2.32. The van der Waals surface area contributed by atoms with Gasteiger partial charge in [-0.05, 0) is 57.1 Å². The maximum absolute atomic E-state index is 3.99. The molecule has 0 heterocycles. The van der Waals surface area contributed by atoms with Crippen molar-refractivity contribution in [3.63, 3.8) is 0 Å². The second-order valence-electron chi connectivity index (χ2n) is 4.93. The lowest BCUT2D eigenvalue weighted by Gasteiger charge is -2.24. The van der Waals surface area contributed by atoms with E-state index in [-0.39, 0.29) is 0 Å². The van der Waals surface area contributed by atoms with Crippen molar-refractivity contribution in [3.8, 4) is 0 Å². The van der Waals surface area contributed by atoms with Gasteiger partial charge in [-0.1, -0.05) is 51.0 Å². The second-order valence-corrected chi connectivity index (χ2v) is 4.93. The Bertz CT molecular complexity index is 302. The summed E-state index contributed by atoms with van der Waals surface area (Å²) in [6, 6.07) is 0. The summed E-state index contributed by atoms with van der Waals surface area (Å²) in [5.41, 5.74) is 5.67. The van der Waals surface area contributed by atoms with Gasteiger partial charge in [-0.2, -0.15) is 0 Å². The van der Waals surface area contributed by atoms with E-state index >= 15 is 0 Å². The lowest BCUT2D eigenvalue weighted by Crippen LogP contribution is -2.07. The summed E-state index contributed by atoms with van der Waals surface area (Å²) in [7, 11) is 0. The van der Waals surface area contributed by atoms with Crippen LogP contribution in [0.3, 0.4) is 0 Å². The predicted molar refractivity (Wildman–Crippen MR) is 80.3 cm³/mol. The van der Waals surface area contributed by atoms with Crippen LogP contribution in [0.5, 0.6) is 0 Å². The molecule has 0 radical (unpaired) electrons. The summed E-state index contributed by atoms with van der Waals surface area (Å²) in [6.07, 6.45) is 7.60. The zero-order valence-corrected chi connectivity index (χ0v) is 12.7. The number of allylic oxidation sites excluding steroid dienone is 5. The molecule has 0 nitrogen and oxygen atoms in total. The quantitative estimate of drug-likeness (QED) is 0.520. The third-order valence-electron chi connectivity index (χ3n) is 3.63. The van der Waals surface area contributed by atoms with Gasteiger partial charge in [-0.3, -0.25) is 0 Å². The summed E-state index contributed by atoms with van der Waals surface area (Å²) >= 11 is 0.